The van der Waals surface area contributed by atoms with E-state index < -0.39 is 69.3 Å². The zero-order chi connectivity index (χ0) is 32.6. The molecule has 2 aromatic rings. The Kier molecular flexibility index (Phi) is 10.0. The molecule has 0 aliphatic carbocycles. The fourth-order valence-electron chi connectivity index (χ4n) is 5.62. The molecule has 0 unspecified atom stereocenters. The van der Waals surface area contributed by atoms with Crippen LogP contribution in [-0.2, 0) is 30.6 Å². The first-order valence-electron chi connectivity index (χ1n) is 14.3. The Labute approximate surface area is 257 Å². The van der Waals surface area contributed by atoms with Gasteiger partial charge in [-0.05, 0) is 49.7 Å². The molecule has 4 rings (SSSR count). The molecule has 0 saturated carbocycles. The van der Waals surface area contributed by atoms with Gasteiger partial charge in [-0.3, -0.25) is 19.2 Å². The number of rotatable bonds is 10. The fraction of sp³-hybridized carbons (Fsp3) is 0.607. The third-order valence-corrected chi connectivity index (χ3v) is 9.69. The maximum Gasteiger partial charge on any atom is 0.418 e. The van der Waals surface area contributed by atoms with Crippen molar-refractivity contribution in [3.05, 3.63) is 28.8 Å². The van der Waals surface area contributed by atoms with Crippen molar-refractivity contribution in [2.45, 2.75) is 70.8 Å². The second kappa shape index (κ2) is 13.1. The number of thiazole rings is 1. The number of sulfonamides is 1. The summed E-state index contributed by atoms with van der Waals surface area (Å²) in [5.41, 5.74) is -1.37. The van der Waals surface area contributed by atoms with E-state index in [1.54, 1.807) is 13.8 Å². The summed E-state index contributed by atoms with van der Waals surface area (Å²) in [6.45, 7) is 5.80. The van der Waals surface area contributed by atoms with Crippen LogP contribution in [0.2, 0.25) is 0 Å². The SMILES string of the molecule is CC(C)[C@H](NS(C)(=O)=O)C(=O)N1CC[C@@H](C)C[C@H]1C(=O)N[C@@H](C[C@@H]1CCNC1=O)C(=O)c1nc2c(C(F)(F)F)cccc2s1. The van der Waals surface area contributed by atoms with Crippen molar-refractivity contribution in [3.8, 4) is 0 Å². The summed E-state index contributed by atoms with van der Waals surface area (Å²) in [6, 6.07) is 0.0263. The first-order valence-corrected chi connectivity index (χ1v) is 17.0. The van der Waals surface area contributed by atoms with E-state index in [1.807, 2.05) is 6.92 Å². The lowest BCUT2D eigenvalue weighted by Crippen LogP contribution is -2.60. The van der Waals surface area contributed by atoms with Crippen LogP contribution in [0, 0.1) is 17.8 Å². The lowest BCUT2D eigenvalue weighted by molar-refractivity contribution is -0.145. The van der Waals surface area contributed by atoms with Crippen molar-refractivity contribution in [2.24, 2.45) is 17.8 Å². The van der Waals surface area contributed by atoms with Gasteiger partial charge in [-0.25, -0.2) is 18.1 Å². The molecule has 2 aliphatic rings. The lowest BCUT2D eigenvalue weighted by atomic mass is 9.89. The molecule has 0 spiro atoms. The van der Waals surface area contributed by atoms with Gasteiger partial charge in [-0.1, -0.05) is 26.8 Å². The Morgan fingerprint density at radius 1 is 1.20 bits per heavy atom. The van der Waals surface area contributed by atoms with Crippen molar-refractivity contribution in [3.63, 3.8) is 0 Å². The number of ketones is 1. The second-order valence-electron chi connectivity index (χ2n) is 11.9. The summed E-state index contributed by atoms with van der Waals surface area (Å²) in [5, 5.41) is 5.11. The highest BCUT2D eigenvalue weighted by atomic mass is 32.2. The molecule has 11 nitrogen and oxygen atoms in total. The second-order valence-corrected chi connectivity index (χ2v) is 14.7. The van der Waals surface area contributed by atoms with E-state index in [4.69, 9.17) is 0 Å². The zero-order valence-electron chi connectivity index (χ0n) is 24.7. The van der Waals surface area contributed by atoms with Gasteiger partial charge in [0, 0.05) is 19.0 Å². The predicted molar refractivity (Wildman–Crippen MR) is 157 cm³/mol. The molecule has 0 radical (unpaired) electrons. The smallest absolute Gasteiger partial charge is 0.356 e. The number of likely N-dealkylation sites (tertiary alicyclic amines) is 1. The maximum absolute atomic E-state index is 13.8. The van der Waals surface area contributed by atoms with Crippen molar-refractivity contribution in [1.82, 2.24) is 25.2 Å². The minimum Gasteiger partial charge on any atom is -0.356 e. The topological polar surface area (TPSA) is 155 Å². The summed E-state index contributed by atoms with van der Waals surface area (Å²) in [4.78, 5) is 59.0. The van der Waals surface area contributed by atoms with Gasteiger partial charge in [0.2, 0.25) is 33.5 Å². The van der Waals surface area contributed by atoms with Gasteiger partial charge in [0.25, 0.3) is 0 Å². The summed E-state index contributed by atoms with van der Waals surface area (Å²) in [5.74, 6) is -3.35. The highest BCUT2D eigenvalue weighted by Crippen LogP contribution is 2.37. The number of piperidine rings is 1. The van der Waals surface area contributed by atoms with Crippen LogP contribution in [-0.4, -0.2) is 79.3 Å². The Balaban J connectivity index is 1.65. The van der Waals surface area contributed by atoms with E-state index in [9.17, 15) is 40.8 Å². The third kappa shape index (κ3) is 7.75. The molecular weight excluding hydrogens is 623 g/mol. The maximum atomic E-state index is 13.8. The number of carbonyl (C=O) groups is 4. The number of alkyl halides is 3. The monoisotopic (exact) mass is 659 g/mol. The first-order chi connectivity index (χ1) is 20.5. The van der Waals surface area contributed by atoms with Gasteiger partial charge in [0.15, 0.2) is 5.01 Å². The minimum absolute atomic E-state index is 0.0231. The van der Waals surface area contributed by atoms with Crippen molar-refractivity contribution >= 4 is 55.1 Å². The van der Waals surface area contributed by atoms with Crippen molar-refractivity contribution in [2.75, 3.05) is 19.3 Å². The van der Waals surface area contributed by atoms with Gasteiger partial charge in [-0.2, -0.15) is 13.2 Å². The molecule has 44 heavy (non-hydrogen) atoms. The molecular formula is C28H36F3N5O6S2. The number of carbonyl (C=O) groups excluding carboxylic acids is 4. The van der Waals surface area contributed by atoms with Crippen LogP contribution in [0.5, 0.6) is 0 Å². The van der Waals surface area contributed by atoms with E-state index in [-0.39, 0.29) is 46.4 Å². The number of hydrogen-bond acceptors (Lipinski definition) is 8. The molecule has 1 aromatic heterocycles. The Bertz CT molecular complexity index is 1540. The van der Waals surface area contributed by atoms with Crippen LogP contribution in [0.1, 0.15) is 61.8 Å². The van der Waals surface area contributed by atoms with Crippen LogP contribution < -0.4 is 15.4 Å². The third-order valence-electron chi connectivity index (χ3n) is 7.98. The number of nitrogens with one attached hydrogen (secondary N) is 3. The van der Waals surface area contributed by atoms with Crippen LogP contribution in [0.25, 0.3) is 10.2 Å². The molecule has 2 fully saturated rings. The Hall–Kier alpha value is -3.11. The minimum atomic E-state index is -4.70. The number of amides is 3. The average Bonchev–Trinajstić information content (AvgIpc) is 3.55. The van der Waals surface area contributed by atoms with E-state index in [1.165, 1.54) is 17.0 Å². The lowest BCUT2D eigenvalue weighted by Gasteiger charge is -2.40. The van der Waals surface area contributed by atoms with Crippen LogP contribution in [0.4, 0.5) is 13.2 Å². The average molecular weight is 660 g/mol. The summed E-state index contributed by atoms with van der Waals surface area (Å²) < 4.78 is 67.3. The predicted octanol–water partition coefficient (Wildman–Crippen LogP) is 2.71. The van der Waals surface area contributed by atoms with Gasteiger partial charge in [0.1, 0.15) is 12.1 Å². The number of fused-ring (bicyclic) bond motifs is 1. The number of aromatic nitrogens is 1. The van der Waals surface area contributed by atoms with Gasteiger partial charge >= 0.3 is 6.18 Å². The molecule has 3 heterocycles. The molecule has 3 amide bonds. The molecule has 2 aliphatic heterocycles. The summed E-state index contributed by atoms with van der Waals surface area (Å²) in [7, 11) is -3.76. The number of Topliss-reactive ketones (excluding diaryl/α,β-unsaturated/α-hetero) is 1. The number of nitrogens with zero attached hydrogens (tertiary/aromatic N) is 2. The molecule has 242 valence electrons. The molecule has 5 atom stereocenters. The zero-order valence-corrected chi connectivity index (χ0v) is 26.4. The summed E-state index contributed by atoms with van der Waals surface area (Å²) >= 11 is 0.761. The van der Waals surface area contributed by atoms with Crippen LogP contribution >= 0.6 is 11.3 Å². The van der Waals surface area contributed by atoms with E-state index in [0.29, 0.717) is 19.4 Å². The number of para-hydroxylation sites is 1. The first kappa shape index (κ1) is 33.8. The van der Waals surface area contributed by atoms with Gasteiger partial charge in [-0.15, -0.1) is 11.3 Å². The fourth-order valence-corrected chi connectivity index (χ4v) is 7.44. The molecule has 3 N–H and O–H groups in total. The molecule has 2 saturated heterocycles. The quantitative estimate of drug-likeness (QED) is 0.332. The van der Waals surface area contributed by atoms with Crippen molar-refractivity contribution < 1.29 is 40.8 Å². The van der Waals surface area contributed by atoms with Crippen molar-refractivity contribution in [1.29, 1.82) is 0 Å². The van der Waals surface area contributed by atoms with Gasteiger partial charge < -0.3 is 15.5 Å². The molecule has 0 bridgehead atoms. The number of hydrogen-bond donors (Lipinski definition) is 3. The Morgan fingerprint density at radius 2 is 1.91 bits per heavy atom. The van der Waals surface area contributed by atoms with E-state index >= 15 is 0 Å². The molecule has 16 heteroatoms. The number of halogens is 3. The van der Waals surface area contributed by atoms with Crippen LogP contribution in [0.3, 0.4) is 0 Å². The standard InChI is InChI=1S/C28H36F3N5O6S2/c1-14(2)21(35-44(4,41)42)27(40)36-11-9-15(3)12-19(36)25(39)33-18(13-16-8-10-32-24(16)38)23(37)26-34-22-17(28(29,30)31)6-5-7-20(22)43-26/h5-7,14-16,18-19,21,35H,8-13H2,1-4H3,(H,32,38)(H,33,39)/t15-,16+,18+,19+,21+/m1/s1. The highest BCUT2D eigenvalue weighted by molar-refractivity contribution is 7.88. The van der Waals surface area contributed by atoms with E-state index in [0.717, 1.165) is 23.7 Å². The van der Waals surface area contributed by atoms with Gasteiger partial charge in [0.05, 0.1) is 28.1 Å². The van der Waals surface area contributed by atoms with Crippen LogP contribution in [0.15, 0.2) is 18.2 Å². The van der Waals surface area contributed by atoms with E-state index in [2.05, 4.69) is 20.3 Å². The summed E-state index contributed by atoms with van der Waals surface area (Å²) in [6.07, 6.45) is -2.67. The number of benzene rings is 1. The Morgan fingerprint density at radius 3 is 2.50 bits per heavy atom. The molecule has 1 aromatic carbocycles. The highest BCUT2D eigenvalue weighted by Gasteiger charge is 2.42. The largest absolute Gasteiger partial charge is 0.418 e. The normalized spacial score (nSPS) is 22.6.